The molecule has 0 atom stereocenters. The van der Waals surface area contributed by atoms with Gasteiger partial charge in [0.2, 0.25) is 5.75 Å². The van der Waals surface area contributed by atoms with E-state index >= 15 is 0 Å². The van der Waals surface area contributed by atoms with Crippen molar-refractivity contribution in [2.75, 3.05) is 31.4 Å². The Morgan fingerprint density at radius 1 is 1.35 bits per heavy atom. The summed E-state index contributed by atoms with van der Waals surface area (Å²) in [6.07, 6.45) is 1.53. The third-order valence-corrected chi connectivity index (χ3v) is 3.39. The van der Waals surface area contributed by atoms with E-state index in [4.69, 9.17) is 4.74 Å². The molecule has 0 radical (unpaired) electrons. The van der Waals surface area contributed by atoms with E-state index in [1.165, 1.54) is 11.9 Å². The third-order valence-electron chi connectivity index (χ3n) is 2.90. The number of hydrogen-bond acceptors (Lipinski definition) is 5. The molecule has 0 aliphatic heterocycles. The van der Waals surface area contributed by atoms with E-state index in [1.807, 2.05) is 31.1 Å². The van der Waals surface area contributed by atoms with Crippen LogP contribution in [-0.4, -0.2) is 31.2 Å². The Morgan fingerprint density at radius 3 is 2.80 bits per heavy atom. The second kappa shape index (κ2) is 6.56. The highest BCUT2D eigenvalue weighted by Gasteiger charge is 2.15. The Bertz CT molecular complexity index is 591. The van der Waals surface area contributed by atoms with Gasteiger partial charge in [0.05, 0.1) is 7.11 Å². The topological polar surface area (TPSA) is 50.3 Å². The van der Waals surface area contributed by atoms with Gasteiger partial charge in [-0.3, -0.25) is 0 Å². The average molecular weight is 337 g/mol. The molecule has 20 heavy (non-hydrogen) atoms. The van der Waals surface area contributed by atoms with Crippen molar-refractivity contribution in [3.8, 4) is 5.75 Å². The minimum Gasteiger partial charge on any atom is -0.490 e. The monoisotopic (exact) mass is 336 g/mol. The van der Waals surface area contributed by atoms with Crippen LogP contribution in [-0.2, 0) is 6.54 Å². The van der Waals surface area contributed by atoms with Gasteiger partial charge in [0.25, 0.3) is 0 Å². The molecule has 0 bridgehead atoms. The number of methoxy groups -OCH3 is 1. The molecule has 1 aromatic heterocycles. The molecular weight excluding hydrogens is 320 g/mol. The highest BCUT2D eigenvalue weighted by atomic mass is 79.9. The molecule has 6 heteroatoms. The van der Waals surface area contributed by atoms with E-state index < -0.39 is 0 Å². The highest BCUT2D eigenvalue weighted by molar-refractivity contribution is 9.10. The largest absolute Gasteiger partial charge is 0.490 e. The minimum atomic E-state index is 0.646. The first-order valence-electron chi connectivity index (χ1n) is 6.18. The van der Waals surface area contributed by atoms with Crippen LogP contribution in [0.1, 0.15) is 5.56 Å². The molecule has 0 unspecified atom stereocenters. The van der Waals surface area contributed by atoms with Crippen LogP contribution in [0.2, 0.25) is 0 Å². The Morgan fingerprint density at radius 2 is 2.15 bits per heavy atom. The lowest BCUT2D eigenvalue weighted by atomic mass is 10.2. The summed E-state index contributed by atoms with van der Waals surface area (Å²) in [6, 6.07) is 8.19. The SMILES string of the molecule is CNc1ncnc(N(C)Cc2cccc(Br)c2)c1OC. The Labute approximate surface area is 127 Å². The number of hydrogen-bond donors (Lipinski definition) is 1. The van der Waals surface area contributed by atoms with E-state index in [-0.39, 0.29) is 0 Å². The number of nitrogens with zero attached hydrogens (tertiary/aromatic N) is 3. The van der Waals surface area contributed by atoms with Crippen molar-refractivity contribution in [1.82, 2.24) is 9.97 Å². The number of benzene rings is 1. The summed E-state index contributed by atoms with van der Waals surface area (Å²) in [4.78, 5) is 10.5. The van der Waals surface area contributed by atoms with Gasteiger partial charge >= 0.3 is 0 Å². The zero-order valence-electron chi connectivity index (χ0n) is 11.7. The molecule has 2 aromatic rings. The van der Waals surface area contributed by atoms with Crippen molar-refractivity contribution in [2.45, 2.75) is 6.54 Å². The van der Waals surface area contributed by atoms with Gasteiger partial charge < -0.3 is 15.0 Å². The van der Waals surface area contributed by atoms with Gasteiger partial charge in [0.1, 0.15) is 6.33 Å². The van der Waals surface area contributed by atoms with Gasteiger partial charge in [-0.05, 0) is 17.7 Å². The van der Waals surface area contributed by atoms with Crippen LogP contribution in [0.25, 0.3) is 0 Å². The second-order valence-corrected chi connectivity index (χ2v) is 5.23. The number of ether oxygens (including phenoxy) is 1. The lowest BCUT2D eigenvalue weighted by Crippen LogP contribution is -2.19. The Kier molecular flexibility index (Phi) is 4.79. The van der Waals surface area contributed by atoms with Gasteiger partial charge in [-0.1, -0.05) is 28.1 Å². The lowest BCUT2D eigenvalue weighted by molar-refractivity contribution is 0.413. The standard InChI is InChI=1S/C14H17BrN4O/c1-16-13-12(20-3)14(18-9-17-13)19(2)8-10-5-4-6-11(15)7-10/h4-7,9H,8H2,1-3H3,(H,16,17,18). The molecule has 5 nitrogen and oxygen atoms in total. The molecule has 2 rings (SSSR count). The van der Waals surface area contributed by atoms with Gasteiger partial charge in [0.15, 0.2) is 11.6 Å². The number of rotatable bonds is 5. The van der Waals surface area contributed by atoms with E-state index in [0.29, 0.717) is 11.6 Å². The van der Waals surface area contributed by atoms with Crippen molar-refractivity contribution in [2.24, 2.45) is 0 Å². The highest BCUT2D eigenvalue weighted by Crippen LogP contribution is 2.31. The number of nitrogens with one attached hydrogen (secondary N) is 1. The fraction of sp³-hybridized carbons (Fsp3) is 0.286. The van der Waals surface area contributed by atoms with Crippen LogP contribution >= 0.6 is 15.9 Å². The smallest absolute Gasteiger partial charge is 0.204 e. The molecule has 1 N–H and O–H groups in total. The zero-order chi connectivity index (χ0) is 14.5. The predicted octanol–water partition coefficient (Wildman–Crippen LogP) is 2.93. The van der Waals surface area contributed by atoms with Crippen molar-refractivity contribution in [3.05, 3.63) is 40.6 Å². The molecule has 1 heterocycles. The van der Waals surface area contributed by atoms with Gasteiger partial charge in [-0.25, -0.2) is 9.97 Å². The summed E-state index contributed by atoms with van der Waals surface area (Å²) in [5, 5.41) is 3.00. The number of aromatic nitrogens is 2. The molecule has 0 fully saturated rings. The van der Waals surface area contributed by atoms with Gasteiger partial charge in [-0.2, -0.15) is 0 Å². The fourth-order valence-corrected chi connectivity index (χ4v) is 2.43. The first-order chi connectivity index (χ1) is 9.65. The van der Waals surface area contributed by atoms with Crippen LogP contribution in [0.15, 0.2) is 35.1 Å². The minimum absolute atomic E-state index is 0.646. The molecule has 0 aliphatic carbocycles. The van der Waals surface area contributed by atoms with Crippen LogP contribution in [0.3, 0.4) is 0 Å². The van der Waals surface area contributed by atoms with E-state index in [9.17, 15) is 0 Å². The first-order valence-corrected chi connectivity index (χ1v) is 6.97. The molecule has 0 amide bonds. The van der Waals surface area contributed by atoms with Crippen LogP contribution in [0, 0.1) is 0 Å². The second-order valence-electron chi connectivity index (χ2n) is 4.32. The maximum absolute atomic E-state index is 5.41. The van der Waals surface area contributed by atoms with Gasteiger partial charge in [-0.15, -0.1) is 0 Å². The van der Waals surface area contributed by atoms with Crippen LogP contribution < -0.4 is 15.0 Å². The molecule has 0 aliphatic rings. The zero-order valence-corrected chi connectivity index (χ0v) is 13.3. The molecular formula is C14H17BrN4O. The molecule has 0 saturated heterocycles. The summed E-state index contributed by atoms with van der Waals surface area (Å²) in [7, 11) is 5.41. The summed E-state index contributed by atoms with van der Waals surface area (Å²) in [6.45, 7) is 0.732. The van der Waals surface area contributed by atoms with Crippen molar-refractivity contribution < 1.29 is 4.74 Å². The van der Waals surface area contributed by atoms with Crippen molar-refractivity contribution in [3.63, 3.8) is 0 Å². The fourth-order valence-electron chi connectivity index (χ4n) is 1.99. The van der Waals surface area contributed by atoms with Crippen molar-refractivity contribution in [1.29, 1.82) is 0 Å². The maximum Gasteiger partial charge on any atom is 0.204 e. The van der Waals surface area contributed by atoms with Crippen LogP contribution in [0.4, 0.5) is 11.6 Å². The number of anilines is 2. The quantitative estimate of drug-likeness (QED) is 0.909. The number of halogens is 1. The average Bonchev–Trinajstić information content (AvgIpc) is 2.46. The maximum atomic E-state index is 5.41. The third kappa shape index (κ3) is 3.19. The summed E-state index contributed by atoms with van der Waals surface area (Å²) >= 11 is 3.48. The molecule has 1 aromatic carbocycles. The molecule has 0 spiro atoms. The Balaban J connectivity index is 2.27. The molecule has 106 valence electrons. The van der Waals surface area contributed by atoms with E-state index in [1.54, 1.807) is 7.11 Å². The first kappa shape index (κ1) is 14.6. The van der Waals surface area contributed by atoms with Crippen LogP contribution in [0.5, 0.6) is 5.75 Å². The van der Waals surface area contributed by atoms with Crippen molar-refractivity contribution >= 4 is 27.6 Å². The molecule has 0 saturated carbocycles. The van der Waals surface area contributed by atoms with E-state index in [0.717, 1.165) is 16.8 Å². The summed E-state index contributed by atoms with van der Waals surface area (Å²) in [5.74, 6) is 2.08. The van der Waals surface area contributed by atoms with Gasteiger partial charge in [0, 0.05) is 25.1 Å². The summed E-state index contributed by atoms with van der Waals surface area (Å²) in [5.41, 5.74) is 1.19. The lowest BCUT2D eigenvalue weighted by Gasteiger charge is -2.21. The Hall–Kier alpha value is -1.82. The summed E-state index contributed by atoms with van der Waals surface area (Å²) < 4.78 is 6.48. The van der Waals surface area contributed by atoms with E-state index in [2.05, 4.69) is 43.3 Å². The predicted molar refractivity (Wildman–Crippen MR) is 84.4 cm³/mol. The normalized spacial score (nSPS) is 10.2.